The van der Waals surface area contributed by atoms with E-state index in [-0.39, 0.29) is 0 Å². The highest BCUT2D eigenvalue weighted by atomic mass is 16.5. The minimum atomic E-state index is -0.429. The zero-order valence-electron chi connectivity index (χ0n) is 9.75. The number of carbonyl (C=O) groups excluding carboxylic acids is 1. The molecule has 0 radical (unpaired) electrons. The number of benzene rings is 1. The summed E-state index contributed by atoms with van der Waals surface area (Å²) in [5.74, 6) is 0. The Labute approximate surface area is 95.8 Å². The Balaban J connectivity index is 2.52. The van der Waals surface area contributed by atoms with Crippen molar-refractivity contribution in [2.45, 2.75) is 26.7 Å². The van der Waals surface area contributed by atoms with Crippen LogP contribution in [-0.2, 0) is 4.74 Å². The molecule has 0 aliphatic rings. The highest BCUT2D eigenvalue weighted by molar-refractivity contribution is 5.86. The first kappa shape index (κ1) is 12.4. The number of rotatable bonds is 4. The molecule has 0 unspecified atom stereocenters. The molecule has 4 nitrogen and oxygen atoms in total. The molecular weight excluding hydrogens is 204 g/mol. The van der Waals surface area contributed by atoms with Gasteiger partial charge < -0.3 is 10.5 Å². The minimum Gasteiger partial charge on any atom is -0.449 e. The average Bonchev–Trinajstić information content (AvgIpc) is 2.24. The summed E-state index contributed by atoms with van der Waals surface area (Å²) in [6.45, 7) is 4.40. The van der Waals surface area contributed by atoms with Gasteiger partial charge in [0, 0.05) is 11.4 Å². The third-order valence-corrected chi connectivity index (χ3v) is 2.23. The van der Waals surface area contributed by atoms with Crippen molar-refractivity contribution in [3.05, 3.63) is 23.8 Å². The van der Waals surface area contributed by atoms with Crippen molar-refractivity contribution in [3.63, 3.8) is 0 Å². The molecule has 16 heavy (non-hydrogen) atoms. The predicted molar refractivity (Wildman–Crippen MR) is 65.5 cm³/mol. The molecule has 0 saturated heterocycles. The summed E-state index contributed by atoms with van der Waals surface area (Å²) in [4.78, 5) is 11.4. The van der Waals surface area contributed by atoms with E-state index in [0.717, 1.165) is 18.4 Å². The quantitative estimate of drug-likeness (QED) is 0.608. The number of nitrogen functional groups attached to an aromatic ring is 1. The van der Waals surface area contributed by atoms with Gasteiger partial charge in [-0.3, -0.25) is 5.32 Å². The number of ether oxygens (including phenoxy) is 1. The molecule has 1 amide bonds. The Morgan fingerprint density at radius 2 is 2.25 bits per heavy atom. The van der Waals surface area contributed by atoms with Gasteiger partial charge in [0.2, 0.25) is 0 Å². The van der Waals surface area contributed by atoms with E-state index in [1.54, 1.807) is 12.1 Å². The van der Waals surface area contributed by atoms with Crippen LogP contribution in [0.3, 0.4) is 0 Å². The van der Waals surface area contributed by atoms with Crippen molar-refractivity contribution >= 4 is 17.5 Å². The fourth-order valence-electron chi connectivity index (χ4n) is 1.23. The van der Waals surface area contributed by atoms with Crippen LogP contribution in [0.4, 0.5) is 16.2 Å². The van der Waals surface area contributed by atoms with E-state index in [9.17, 15) is 4.79 Å². The molecule has 0 atom stereocenters. The number of hydrogen-bond acceptors (Lipinski definition) is 3. The highest BCUT2D eigenvalue weighted by Gasteiger charge is 2.05. The number of unbranched alkanes of at least 4 members (excludes halogenated alkanes) is 1. The number of amides is 1. The van der Waals surface area contributed by atoms with E-state index in [1.807, 2.05) is 19.9 Å². The largest absolute Gasteiger partial charge is 0.449 e. The van der Waals surface area contributed by atoms with Gasteiger partial charge in [0.15, 0.2) is 0 Å². The lowest BCUT2D eigenvalue weighted by atomic mass is 10.2. The number of anilines is 2. The van der Waals surface area contributed by atoms with Crippen molar-refractivity contribution in [1.29, 1.82) is 0 Å². The first-order valence-corrected chi connectivity index (χ1v) is 5.43. The minimum absolute atomic E-state index is 0.429. The molecule has 0 fully saturated rings. The smallest absolute Gasteiger partial charge is 0.411 e. The zero-order chi connectivity index (χ0) is 12.0. The van der Waals surface area contributed by atoms with E-state index in [4.69, 9.17) is 10.5 Å². The van der Waals surface area contributed by atoms with Crippen LogP contribution in [0.15, 0.2) is 18.2 Å². The van der Waals surface area contributed by atoms with Crippen LogP contribution in [0.1, 0.15) is 25.3 Å². The van der Waals surface area contributed by atoms with Gasteiger partial charge in [-0.1, -0.05) is 19.4 Å². The first-order valence-electron chi connectivity index (χ1n) is 5.43. The maximum absolute atomic E-state index is 11.4. The lowest BCUT2D eigenvalue weighted by molar-refractivity contribution is 0.160. The van der Waals surface area contributed by atoms with Crippen LogP contribution in [0.25, 0.3) is 0 Å². The van der Waals surface area contributed by atoms with Gasteiger partial charge in [0.05, 0.1) is 6.61 Å². The van der Waals surface area contributed by atoms with Crippen LogP contribution >= 0.6 is 0 Å². The van der Waals surface area contributed by atoms with Gasteiger partial charge in [-0.2, -0.15) is 0 Å². The monoisotopic (exact) mass is 222 g/mol. The molecule has 0 aliphatic heterocycles. The van der Waals surface area contributed by atoms with E-state index < -0.39 is 6.09 Å². The van der Waals surface area contributed by atoms with Crippen LogP contribution in [-0.4, -0.2) is 12.7 Å². The Morgan fingerprint density at radius 3 is 2.94 bits per heavy atom. The van der Waals surface area contributed by atoms with Gasteiger partial charge in [-0.05, 0) is 31.0 Å². The van der Waals surface area contributed by atoms with E-state index >= 15 is 0 Å². The lowest BCUT2D eigenvalue weighted by Crippen LogP contribution is -2.15. The van der Waals surface area contributed by atoms with Crippen molar-refractivity contribution in [2.24, 2.45) is 0 Å². The zero-order valence-corrected chi connectivity index (χ0v) is 9.75. The molecule has 4 heteroatoms. The predicted octanol–water partition coefficient (Wildman–Crippen LogP) is 2.93. The van der Waals surface area contributed by atoms with Gasteiger partial charge in [-0.25, -0.2) is 4.79 Å². The summed E-state index contributed by atoms with van der Waals surface area (Å²) < 4.78 is 4.99. The summed E-state index contributed by atoms with van der Waals surface area (Å²) in [6.07, 6.45) is 1.45. The fourth-order valence-corrected chi connectivity index (χ4v) is 1.23. The second kappa shape index (κ2) is 6.00. The average molecular weight is 222 g/mol. The number of aryl methyl sites for hydroxylation is 1. The number of carbonyl (C=O) groups is 1. The number of nitrogens with two attached hydrogens (primary N) is 1. The second-order valence-corrected chi connectivity index (χ2v) is 3.69. The molecule has 0 aliphatic carbocycles. The van der Waals surface area contributed by atoms with Crippen LogP contribution < -0.4 is 11.1 Å². The number of nitrogens with one attached hydrogen (secondary N) is 1. The molecule has 3 N–H and O–H groups in total. The first-order chi connectivity index (χ1) is 7.63. The van der Waals surface area contributed by atoms with Crippen molar-refractivity contribution < 1.29 is 9.53 Å². The second-order valence-electron chi connectivity index (χ2n) is 3.69. The van der Waals surface area contributed by atoms with Crippen molar-refractivity contribution in [2.75, 3.05) is 17.7 Å². The van der Waals surface area contributed by atoms with Gasteiger partial charge in [0.1, 0.15) is 0 Å². The Bertz CT molecular complexity index is 364. The standard InChI is InChI=1S/C12H18N2O2/c1-3-4-7-16-12(15)14-11-8-10(13)6-5-9(11)2/h5-6,8H,3-4,7,13H2,1-2H3,(H,14,15). The summed E-state index contributed by atoms with van der Waals surface area (Å²) in [6, 6.07) is 5.37. The van der Waals surface area contributed by atoms with Crippen LogP contribution in [0.5, 0.6) is 0 Å². The van der Waals surface area contributed by atoms with Gasteiger partial charge >= 0.3 is 6.09 Å². The summed E-state index contributed by atoms with van der Waals surface area (Å²) in [7, 11) is 0. The molecular formula is C12H18N2O2. The normalized spacial score (nSPS) is 9.88. The van der Waals surface area contributed by atoms with Gasteiger partial charge in [-0.15, -0.1) is 0 Å². The summed E-state index contributed by atoms with van der Waals surface area (Å²) >= 11 is 0. The molecule has 0 aromatic heterocycles. The Hall–Kier alpha value is -1.71. The van der Waals surface area contributed by atoms with Gasteiger partial charge in [0.25, 0.3) is 0 Å². The molecule has 1 rings (SSSR count). The lowest BCUT2D eigenvalue weighted by Gasteiger charge is -2.09. The third-order valence-electron chi connectivity index (χ3n) is 2.23. The Kier molecular flexibility index (Phi) is 4.64. The number of hydrogen-bond donors (Lipinski definition) is 2. The van der Waals surface area contributed by atoms with Crippen molar-refractivity contribution in [3.8, 4) is 0 Å². The van der Waals surface area contributed by atoms with Crippen LogP contribution in [0.2, 0.25) is 0 Å². The molecule has 0 bridgehead atoms. The van der Waals surface area contributed by atoms with E-state index in [0.29, 0.717) is 18.0 Å². The molecule has 1 aromatic carbocycles. The molecule has 1 aromatic rings. The SMILES string of the molecule is CCCCOC(=O)Nc1cc(N)ccc1C. The Morgan fingerprint density at radius 1 is 1.50 bits per heavy atom. The van der Waals surface area contributed by atoms with E-state index in [1.165, 1.54) is 0 Å². The summed E-state index contributed by atoms with van der Waals surface area (Å²) in [5, 5.41) is 2.67. The van der Waals surface area contributed by atoms with E-state index in [2.05, 4.69) is 5.32 Å². The molecule has 88 valence electrons. The molecule has 0 heterocycles. The topological polar surface area (TPSA) is 64.3 Å². The highest BCUT2D eigenvalue weighted by Crippen LogP contribution is 2.18. The molecule has 0 spiro atoms. The summed E-state index contributed by atoms with van der Waals surface area (Å²) in [5.41, 5.74) is 7.91. The van der Waals surface area contributed by atoms with Crippen LogP contribution in [0, 0.1) is 6.92 Å². The maximum Gasteiger partial charge on any atom is 0.411 e. The molecule has 0 saturated carbocycles. The van der Waals surface area contributed by atoms with Crippen molar-refractivity contribution in [1.82, 2.24) is 0 Å². The fraction of sp³-hybridized carbons (Fsp3) is 0.417. The third kappa shape index (κ3) is 3.81. The maximum atomic E-state index is 11.4.